The first kappa shape index (κ1) is 20.1. The Bertz CT molecular complexity index is 1020. The molecule has 156 valence electrons. The number of nitrogens with zero attached hydrogens (tertiary/aromatic N) is 7. The number of piperazine rings is 1. The number of rotatable bonds is 5. The Morgan fingerprint density at radius 3 is 2.40 bits per heavy atom. The number of hydrogen-bond donors (Lipinski definition) is 1. The first-order chi connectivity index (χ1) is 14.5. The van der Waals surface area contributed by atoms with Crippen LogP contribution in [0, 0.1) is 12.7 Å². The van der Waals surface area contributed by atoms with Crippen LogP contribution in [0.1, 0.15) is 18.3 Å². The number of halogens is 1. The third kappa shape index (κ3) is 4.51. The number of likely N-dealkylation sites (N-methyl/N-ethyl adjacent to an activating group) is 1. The molecule has 1 fully saturated rings. The van der Waals surface area contributed by atoms with Gasteiger partial charge in [0, 0.05) is 44.4 Å². The maximum Gasteiger partial charge on any atom is 0.234 e. The van der Waals surface area contributed by atoms with Crippen LogP contribution < -0.4 is 10.2 Å². The van der Waals surface area contributed by atoms with Gasteiger partial charge in [0.25, 0.3) is 0 Å². The van der Waals surface area contributed by atoms with E-state index in [0.717, 1.165) is 43.0 Å². The molecule has 1 aliphatic heterocycles. The molecule has 1 N–H and O–H groups in total. The molecule has 8 nitrogen and oxygen atoms in total. The van der Waals surface area contributed by atoms with Crippen molar-refractivity contribution in [3.05, 3.63) is 47.7 Å². The third-order valence-corrected chi connectivity index (χ3v) is 5.09. The summed E-state index contributed by atoms with van der Waals surface area (Å²) in [5.41, 5.74) is 2.45. The monoisotopic (exact) mass is 408 g/mol. The predicted octanol–water partition coefficient (Wildman–Crippen LogP) is 2.83. The smallest absolute Gasteiger partial charge is 0.234 e. The van der Waals surface area contributed by atoms with Crippen molar-refractivity contribution in [2.24, 2.45) is 0 Å². The van der Waals surface area contributed by atoms with Crippen LogP contribution in [-0.2, 0) is 6.42 Å². The average Bonchev–Trinajstić information content (AvgIpc) is 2.76. The van der Waals surface area contributed by atoms with Gasteiger partial charge in [-0.25, -0.2) is 14.4 Å². The van der Waals surface area contributed by atoms with E-state index in [1.807, 2.05) is 13.8 Å². The number of aromatic nitrogens is 5. The SMILES string of the molecule is CCc1nc(Nc2ncc(C)c(-c3ccc(F)cc3)n2)nc(N2CCN(C)CC2)n1. The third-order valence-electron chi connectivity index (χ3n) is 5.09. The Hall–Kier alpha value is -3.20. The summed E-state index contributed by atoms with van der Waals surface area (Å²) in [7, 11) is 2.11. The van der Waals surface area contributed by atoms with E-state index in [0.29, 0.717) is 30.1 Å². The zero-order chi connectivity index (χ0) is 21.1. The van der Waals surface area contributed by atoms with E-state index in [4.69, 9.17) is 0 Å². The second-order valence-corrected chi connectivity index (χ2v) is 7.38. The Kier molecular flexibility index (Phi) is 5.80. The van der Waals surface area contributed by atoms with Crippen LogP contribution in [0.25, 0.3) is 11.3 Å². The van der Waals surface area contributed by atoms with Gasteiger partial charge < -0.3 is 9.80 Å². The highest BCUT2D eigenvalue weighted by Crippen LogP contribution is 2.23. The topological polar surface area (TPSA) is 83.0 Å². The minimum absolute atomic E-state index is 0.280. The van der Waals surface area contributed by atoms with Gasteiger partial charge in [0.05, 0.1) is 5.69 Å². The Morgan fingerprint density at radius 2 is 1.70 bits per heavy atom. The molecule has 4 rings (SSSR count). The highest BCUT2D eigenvalue weighted by atomic mass is 19.1. The van der Waals surface area contributed by atoms with Crippen molar-refractivity contribution in [3.8, 4) is 11.3 Å². The second-order valence-electron chi connectivity index (χ2n) is 7.38. The van der Waals surface area contributed by atoms with Crippen molar-refractivity contribution in [1.82, 2.24) is 29.8 Å². The Labute approximate surface area is 175 Å². The molecule has 0 radical (unpaired) electrons. The molecule has 3 aromatic rings. The Morgan fingerprint density at radius 1 is 0.967 bits per heavy atom. The molecular formula is C21H25FN8. The molecule has 0 amide bonds. The summed E-state index contributed by atoms with van der Waals surface area (Å²) in [6, 6.07) is 6.26. The maximum atomic E-state index is 13.3. The van der Waals surface area contributed by atoms with Gasteiger partial charge in [0.15, 0.2) is 0 Å². The van der Waals surface area contributed by atoms with Gasteiger partial charge in [-0.15, -0.1) is 0 Å². The minimum atomic E-state index is -0.280. The number of anilines is 3. The summed E-state index contributed by atoms with van der Waals surface area (Å²) in [6.45, 7) is 7.63. The number of nitrogens with one attached hydrogen (secondary N) is 1. The molecule has 0 saturated carbocycles. The fourth-order valence-electron chi connectivity index (χ4n) is 3.27. The first-order valence-corrected chi connectivity index (χ1v) is 10.1. The molecule has 0 unspecified atom stereocenters. The molecule has 0 aliphatic carbocycles. The maximum absolute atomic E-state index is 13.3. The van der Waals surface area contributed by atoms with Gasteiger partial charge >= 0.3 is 0 Å². The van der Waals surface area contributed by atoms with Crippen molar-refractivity contribution in [2.45, 2.75) is 20.3 Å². The molecule has 1 aliphatic rings. The van der Waals surface area contributed by atoms with Crippen molar-refractivity contribution >= 4 is 17.8 Å². The van der Waals surface area contributed by atoms with Crippen LogP contribution in [-0.4, -0.2) is 63.0 Å². The molecule has 0 atom stereocenters. The number of hydrogen-bond acceptors (Lipinski definition) is 8. The summed E-state index contributed by atoms with van der Waals surface area (Å²) in [5, 5.41) is 3.12. The lowest BCUT2D eigenvalue weighted by Gasteiger charge is -2.32. The quantitative estimate of drug-likeness (QED) is 0.690. The van der Waals surface area contributed by atoms with Crippen molar-refractivity contribution in [3.63, 3.8) is 0 Å². The fraction of sp³-hybridized carbons (Fsp3) is 0.381. The van der Waals surface area contributed by atoms with Gasteiger partial charge in [-0.2, -0.15) is 15.0 Å². The van der Waals surface area contributed by atoms with E-state index in [-0.39, 0.29) is 5.82 Å². The normalized spacial score (nSPS) is 14.7. The number of aryl methyl sites for hydroxylation is 2. The fourth-order valence-corrected chi connectivity index (χ4v) is 3.27. The summed E-state index contributed by atoms with van der Waals surface area (Å²) in [6.07, 6.45) is 2.44. The van der Waals surface area contributed by atoms with Crippen LogP contribution in [0.2, 0.25) is 0 Å². The summed E-state index contributed by atoms with van der Waals surface area (Å²) >= 11 is 0. The summed E-state index contributed by atoms with van der Waals surface area (Å²) in [5.74, 6) is 1.91. The van der Waals surface area contributed by atoms with E-state index < -0.39 is 0 Å². The van der Waals surface area contributed by atoms with Crippen LogP contribution in [0.4, 0.5) is 22.2 Å². The molecule has 30 heavy (non-hydrogen) atoms. The number of benzene rings is 1. The van der Waals surface area contributed by atoms with Crippen LogP contribution in [0.5, 0.6) is 0 Å². The van der Waals surface area contributed by atoms with Gasteiger partial charge in [-0.05, 0) is 43.8 Å². The summed E-state index contributed by atoms with van der Waals surface area (Å²) < 4.78 is 13.3. The van der Waals surface area contributed by atoms with E-state index >= 15 is 0 Å². The molecule has 9 heteroatoms. The average molecular weight is 408 g/mol. The van der Waals surface area contributed by atoms with E-state index in [9.17, 15) is 4.39 Å². The molecule has 1 saturated heterocycles. The van der Waals surface area contributed by atoms with Gasteiger partial charge in [-0.3, -0.25) is 5.32 Å². The highest BCUT2D eigenvalue weighted by molar-refractivity contribution is 5.64. The van der Waals surface area contributed by atoms with Crippen LogP contribution in [0.3, 0.4) is 0 Å². The lowest BCUT2D eigenvalue weighted by atomic mass is 10.1. The van der Waals surface area contributed by atoms with E-state index in [1.165, 1.54) is 12.1 Å². The van der Waals surface area contributed by atoms with Crippen LogP contribution >= 0.6 is 0 Å². The first-order valence-electron chi connectivity index (χ1n) is 10.1. The largest absolute Gasteiger partial charge is 0.338 e. The van der Waals surface area contributed by atoms with Crippen molar-refractivity contribution in [1.29, 1.82) is 0 Å². The zero-order valence-electron chi connectivity index (χ0n) is 17.4. The van der Waals surface area contributed by atoms with Crippen molar-refractivity contribution in [2.75, 3.05) is 43.4 Å². The highest BCUT2D eigenvalue weighted by Gasteiger charge is 2.18. The molecule has 1 aromatic carbocycles. The summed E-state index contributed by atoms with van der Waals surface area (Å²) in [4.78, 5) is 27.1. The molecule has 2 aromatic heterocycles. The van der Waals surface area contributed by atoms with Gasteiger partial charge in [0.1, 0.15) is 11.6 Å². The van der Waals surface area contributed by atoms with Crippen molar-refractivity contribution < 1.29 is 4.39 Å². The lowest BCUT2D eigenvalue weighted by molar-refractivity contribution is 0.311. The molecule has 3 heterocycles. The second kappa shape index (κ2) is 8.66. The molecular weight excluding hydrogens is 383 g/mol. The molecule has 0 bridgehead atoms. The van der Waals surface area contributed by atoms with Gasteiger partial charge in [-0.1, -0.05) is 6.92 Å². The minimum Gasteiger partial charge on any atom is -0.338 e. The Balaban J connectivity index is 1.61. The lowest BCUT2D eigenvalue weighted by Crippen LogP contribution is -2.45. The predicted molar refractivity (Wildman–Crippen MR) is 114 cm³/mol. The van der Waals surface area contributed by atoms with Crippen LogP contribution in [0.15, 0.2) is 30.5 Å². The van der Waals surface area contributed by atoms with E-state index in [1.54, 1.807) is 18.3 Å². The molecule has 0 spiro atoms. The zero-order valence-corrected chi connectivity index (χ0v) is 17.4. The standard InChI is InChI=1S/C21H25FN8/c1-4-17-24-20(28-21(25-17)30-11-9-29(3)10-12-30)27-19-23-13-14(2)18(26-19)15-5-7-16(22)8-6-15/h5-8,13H,4,9-12H2,1-3H3,(H,23,24,25,26,27,28). The van der Waals surface area contributed by atoms with Gasteiger partial charge in [0.2, 0.25) is 17.8 Å². The van der Waals surface area contributed by atoms with E-state index in [2.05, 4.69) is 47.1 Å².